The molecule has 3 aromatic rings. The zero-order valence-corrected chi connectivity index (χ0v) is 17.3. The van der Waals surface area contributed by atoms with Crippen molar-refractivity contribution in [3.8, 4) is 11.3 Å². The highest BCUT2D eigenvalue weighted by molar-refractivity contribution is 9.10. The number of rotatable bonds is 8. The number of nitrogens with zero attached hydrogens (tertiary/aromatic N) is 2. The van der Waals surface area contributed by atoms with Crippen LogP contribution in [0.3, 0.4) is 0 Å². The Hall–Kier alpha value is -2.09. The molecule has 2 aromatic carbocycles. The van der Waals surface area contributed by atoms with Crippen LogP contribution in [-0.2, 0) is 16.1 Å². The first kappa shape index (κ1) is 19.7. The summed E-state index contributed by atoms with van der Waals surface area (Å²) in [5.74, 6) is 0.233. The third-order valence-corrected chi connectivity index (χ3v) is 5.39. The molecule has 140 valence electrons. The number of aromatic nitrogens is 2. The summed E-state index contributed by atoms with van der Waals surface area (Å²) in [6.45, 7) is 1.24. The predicted molar refractivity (Wildman–Crippen MR) is 113 cm³/mol. The molecule has 0 radical (unpaired) electrons. The predicted octanol–water partition coefficient (Wildman–Crippen LogP) is 4.69. The lowest BCUT2D eigenvalue weighted by atomic mass is 10.2. The van der Waals surface area contributed by atoms with Gasteiger partial charge in [0.25, 0.3) is 0 Å². The molecule has 7 heteroatoms. The van der Waals surface area contributed by atoms with Gasteiger partial charge in [-0.2, -0.15) is 0 Å². The summed E-state index contributed by atoms with van der Waals surface area (Å²) in [6.07, 6.45) is 1.84. The third kappa shape index (κ3) is 5.45. The van der Waals surface area contributed by atoms with Crippen LogP contribution in [0.25, 0.3) is 11.3 Å². The molecule has 0 bridgehead atoms. The number of hydrogen-bond acceptors (Lipinski definition) is 4. The first-order chi connectivity index (χ1) is 13.2. The van der Waals surface area contributed by atoms with E-state index in [0.29, 0.717) is 18.9 Å². The van der Waals surface area contributed by atoms with E-state index in [-0.39, 0.29) is 5.91 Å². The van der Waals surface area contributed by atoms with Gasteiger partial charge >= 0.3 is 0 Å². The fourth-order valence-electron chi connectivity index (χ4n) is 2.57. The lowest BCUT2D eigenvalue weighted by Gasteiger charge is -2.11. The van der Waals surface area contributed by atoms with Gasteiger partial charge < -0.3 is 14.6 Å². The molecule has 0 aliphatic heterocycles. The number of methoxy groups -OCH3 is 1. The van der Waals surface area contributed by atoms with E-state index in [4.69, 9.17) is 4.74 Å². The molecule has 5 nitrogen and oxygen atoms in total. The Bertz CT molecular complexity index is 882. The van der Waals surface area contributed by atoms with Gasteiger partial charge in [0.2, 0.25) is 5.91 Å². The van der Waals surface area contributed by atoms with Gasteiger partial charge in [0.1, 0.15) is 0 Å². The molecule has 1 aromatic heterocycles. The van der Waals surface area contributed by atoms with E-state index in [0.717, 1.165) is 26.6 Å². The van der Waals surface area contributed by atoms with Crippen LogP contribution in [0.1, 0.15) is 0 Å². The van der Waals surface area contributed by atoms with Crippen LogP contribution in [0.15, 0.2) is 70.4 Å². The van der Waals surface area contributed by atoms with Crippen molar-refractivity contribution in [1.29, 1.82) is 0 Å². The summed E-state index contributed by atoms with van der Waals surface area (Å²) >= 11 is 4.88. The monoisotopic (exact) mass is 445 g/mol. The SMILES string of the molecule is COCCn1c(-c2ccc(Br)cc2)cnc1SCC(=O)Nc1ccccc1. The molecule has 27 heavy (non-hydrogen) atoms. The van der Waals surface area contributed by atoms with Crippen molar-refractivity contribution in [3.63, 3.8) is 0 Å². The second-order valence-corrected chi connectivity index (χ2v) is 7.64. The Morgan fingerprint density at radius 3 is 2.63 bits per heavy atom. The number of para-hydroxylation sites is 1. The molecule has 0 unspecified atom stereocenters. The van der Waals surface area contributed by atoms with Crippen LogP contribution in [0.4, 0.5) is 5.69 Å². The van der Waals surface area contributed by atoms with Crippen LogP contribution in [0, 0.1) is 0 Å². The average Bonchev–Trinajstić information content (AvgIpc) is 3.09. The number of benzene rings is 2. The Kier molecular flexibility index (Phi) is 7.09. The lowest BCUT2D eigenvalue weighted by molar-refractivity contribution is -0.113. The molecule has 0 spiro atoms. The maximum atomic E-state index is 12.2. The smallest absolute Gasteiger partial charge is 0.234 e. The van der Waals surface area contributed by atoms with Crippen LogP contribution >= 0.6 is 27.7 Å². The molecule has 3 rings (SSSR count). The van der Waals surface area contributed by atoms with Gasteiger partial charge in [-0.3, -0.25) is 4.79 Å². The third-order valence-electron chi connectivity index (χ3n) is 3.87. The van der Waals surface area contributed by atoms with E-state index in [2.05, 4.69) is 30.8 Å². The van der Waals surface area contributed by atoms with E-state index in [1.807, 2.05) is 60.8 Å². The Labute approximate surface area is 171 Å². The number of hydrogen-bond donors (Lipinski definition) is 1. The summed E-state index contributed by atoms with van der Waals surface area (Å²) in [4.78, 5) is 16.8. The Morgan fingerprint density at radius 2 is 1.93 bits per heavy atom. The minimum atomic E-state index is -0.0577. The van der Waals surface area contributed by atoms with Crippen LogP contribution in [-0.4, -0.2) is 34.9 Å². The van der Waals surface area contributed by atoms with Gasteiger partial charge in [0.15, 0.2) is 5.16 Å². The lowest BCUT2D eigenvalue weighted by Crippen LogP contribution is -2.15. The summed E-state index contributed by atoms with van der Waals surface area (Å²) in [6, 6.07) is 17.5. The summed E-state index contributed by atoms with van der Waals surface area (Å²) in [5.41, 5.74) is 2.87. The number of carbonyl (C=O) groups excluding carboxylic acids is 1. The van der Waals surface area contributed by atoms with E-state index in [1.54, 1.807) is 7.11 Å². The number of nitrogens with one attached hydrogen (secondary N) is 1. The molecule has 0 aliphatic rings. The maximum absolute atomic E-state index is 12.2. The summed E-state index contributed by atoms with van der Waals surface area (Å²) in [7, 11) is 1.68. The molecule has 0 aliphatic carbocycles. The topological polar surface area (TPSA) is 56.2 Å². The van der Waals surface area contributed by atoms with Crippen LogP contribution in [0.5, 0.6) is 0 Å². The second kappa shape index (κ2) is 9.73. The second-order valence-electron chi connectivity index (χ2n) is 5.78. The van der Waals surface area contributed by atoms with Gasteiger partial charge in [0.05, 0.1) is 24.3 Å². The van der Waals surface area contributed by atoms with Crippen molar-refractivity contribution in [3.05, 3.63) is 65.3 Å². The highest BCUT2D eigenvalue weighted by Gasteiger charge is 2.14. The number of imidazole rings is 1. The van der Waals surface area contributed by atoms with Gasteiger partial charge in [-0.25, -0.2) is 4.98 Å². The van der Waals surface area contributed by atoms with Gasteiger partial charge in [0, 0.05) is 23.8 Å². The highest BCUT2D eigenvalue weighted by Crippen LogP contribution is 2.27. The van der Waals surface area contributed by atoms with Crippen molar-refractivity contribution in [1.82, 2.24) is 9.55 Å². The molecule has 1 N–H and O–H groups in total. The van der Waals surface area contributed by atoms with Crippen molar-refractivity contribution >= 4 is 39.3 Å². The molecular weight excluding hydrogens is 426 g/mol. The first-order valence-electron chi connectivity index (χ1n) is 8.45. The maximum Gasteiger partial charge on any atom is 0.234 e. The molecule has 0 fully saturated rings. The van der Waals surface area contributed by atoms with Crippen LogP contribution in [0.2, 0.25) is 0 Å². The van der Waals surface area contributed by atoms with Gasteiger partial charge in [-0.1, -0.05) is 58.0 Å². The molecule has 1 amide bonds. The molecule has 0 saturated carbocycles. The minimum Gasteiger partial charge on any atom is -0.383 e. The van der Waals surface area contributed by atoms with Crippen molar-refractivity contribution in [2.75, 3.05) is 24.8 Å². The van der Waals surface area contributed by atoms with Gasteiger partial charge in [-0.05, 0) is 29.8 Å². The first-order valence-corrected chi connectivity index (χ1v) is 10.2. The zero-order chi connectivity index (χ0) is 19.1. The van der Waals surface area contributed by atoms with Crippen molar-refractivity contribution in [2.45, 2.75) is 11.7 Å². The Morgan fingerprint density at radius 1 is 1.19 bits per heavy atom. The van der Waals surface area contributed by atoms with E-state index >= 15 is 0 Å². The van der Waals surface area contributed by atoms with Crippen molar-refractivity contribution < 1.29 is 9.53 Å². The van der Waals surface area contributed by atoms with E-state index in [1.165, 1.54) is 11.8 Å². The molecule has 1 heterocycles. The fourth-order valence-corrected chi connectivity index (χ4v) is 3.64. The van der Waals surface area contributed by atoms with Crippen LogP contribution < -0.4 is 5.32 Å². The standard InChI is InChI=1S/C20H20BrN3O2S/c1-26-12-11-24-18(15-7-9-16(21)10-8-15)13-22-20(24)27-14-19(25)23-17-5-3-2-4-6-17/h2-10,13H,11-12,14H2,1H3,(H,23,25). The number of amides is 1. The highest BCUT2D eigenvalue weighted by atomic mass is 79.9. The number of halogens is 1. The molecule has 0 atom stereocenters. The number of carbonyl (C=O) groups is 1. The summed E-state index contributed by atoms with van der Waals surface area (Å²) < 4.78 is 8.36. The Balaban J connectivity index is 1.72. The normalized spacial score (nSPS) is 10.7. The number of anilines is 1. The fraction of sp³-hybridized carbons (Fsp3) is 0.200. The minimum absolute atomic E-state index is 0.0577. The number of ether oxygens (including phenoxy) is 1. The van der Waals surface area contributed by atoms with E-state index < -0.39 is 0 Å². The largest absolute Gasteiger partial charge is 0.383 e. The van der Waals surface area contributed by atoms with Crippen molar-refractivity contribution in [2.24, 2.45) is 0 Å². The quantitative estimate of drug-likeness (QED) is 0.510. The molecule has 0 saturated heterocycles. The number of thioether (sulfide) groups is 1. The average molecular weight is 446 g/mol. The molecular formula is C20H20BrN3O2S. The van der Waals surface area contributed by atoms with Gasteiger partial charge in [-0.15, -0.1) is 0 Å². The van der Waals surface area contributed by atoms with E-state index in [9.17, 15) is 4.79 Å². The zero-order valence-electron chi connectivity index (χ0n) is 14.9. The summed E-state index contributed by atoms with van der Waals surface area (Å²) in [5, 5.41) is 3.69.